The van der Waals surface area contributed by atoms with Gasteiger partial charge in [0.15, 0.2) is 41.8 Å². The number of nitrogens with one attached hydrogen (secondary N) is 2. The first-order valence-corrected chi connectivity index (χ1v) is 17.7. The number of fused-ring (bicyclic) bond motifs is 1. The summed E-state index contributed by atoms with van der Waals surface area (Å²) in [5.41, 5.74) is -1.16. The van der Waals surface area contributed by atoms with Crippen molar-refractivity contribution in [3.05, 3.63) is 93.1 Å². The second-order valence-electron chi connectivity index (χ2n) is 11.1. The molecule has 2 fully saturated rings. The van der Waals surface area contributed by atoms with E-state index in [1.54, 1.807) is 30.3 Å². The molecule has 22 heteroatoms. The van der Waals surface area contributed by atoms with Gasteiger partial charge in [-0.1, -0.05) is 25.6 Å². The molecule has 3 aromatic heterocycles. The first-order chi connectivity index (χ1) is 24.5. The quantitative estimate of drug-likeness (QED) is 0.0865. The van der Waals surface area contributed by atoms with E-state index < -0.39 is 86.3 Å². The van der Waals surface area contributed by atoms with Crippen molar-refractivity contribution in [3.63, 3.8) is 0 Å². The van der Waals surface area contributed by atoms with E-state index in [4.69, 9.17) is 41.4 Å². The number of aliphatic hydroxyl groups is 2. The topological polar surface area (TPSA) is 219 Å². The summed E-state index contributed by atoms with van der Waals surface area (Å²) in [6.45, 7) is 1.05. The lowest BCUT2D eigenvalue weighted by atomic mass is 10.1. The Kier molecular flexibility index (Phi) is 12.4. The smallest absolute Gasteiger partial charge is 0.330 e. The minimum absolute atomic E-state index is 0. The number of aliphatic hydroxyl groups excluding tert-OH is 2. The monoisotopic (exact) mass is 766 g/mol. The Morgan fingerprint density at radius 1 is 1.08 bits per heavy atom. The average molecular weight is 767 g/mol. The van der Waals surface area contributed by atoms with Gasteiger partial charge in [0.25, 0.3) is 11.5 Å². The van der Waals surface area contributed by atoms with Crippen LogP contribution in [0.2, 0.25) is 0 Å². The fourth-order valence-electron chi connectivity index (χ4n) is 5.39. The van der Waals surface area contributed by atoms with Crippen molar-refractivity contribution in [1.82, 2.24) is 29.1 Å². The maximum Gasteiger partial charge on any atom is 0.330 e. The van der Waals surface area contributed by atoms with Gasteiger partial charge in [-0.3, -0.25) is 28.2 Å². The second kappa shape index (κ2) is 16.5. The number of rotatable bonds is 13. The van der Waals surface area contributed by atoms with E-state index in [0.717, 1.165) is 23.2 Å². The molecule has 0 saturated carbocycles. The van der Waals surface area contributed by atoms with Crippen LogP contribution in [0.1, 0.15) is 30.2 Å². The van der Waals surface area contributed by atoms with Gasteiger partial charge in [-0.15, -0.1) is 0 Å². The number of carbonyl (C=O) groups excluding carboxylic acids is 1. The highest BCUT2D eigenvalue weighted by molar-refractivity contribution is 8.07. The molecule has 2 aliphatic heterocycles. The molecule has 2 aliphatic rings. The lowest BCUT2D eigenvalue weighted by Crippen LogP contribution is -2.37. The van der Waals surface area contributed by atoms with Crippen molar-refractivity contribution in [2.45, 2.75) is 56.6 Å². The average Bonchev–Trinajstić information content (AvgIpc) is 3.78. The molecule has 1 aromatic carbocycles. The Morgan fingerprint density at radius 3 is 2.52 bits per heavy atom. The number of amides is 1. The summed E-state index contributed by atoms with van der Waals surface area (Å²) in [6, 6.07) is 9.31. The van der Waals surface area contributed by atoms with E-state index in [1.807, 2.05) is 4.98 Å². The van der Waals surface area contributed by atoms with E-state index in [9.17, 15) is 24.6 Å². The van der Waals surface area contributed by atoms with E-state index in [2.05, 4.69) is 25.1 Å². The first kappa shape index (κ1) is 38.9. The van der Waals surface area contributed by atoms with Gasteiger partial charge in [-0.2, -0.15) is 0 Å². The van der Waals surface area contributed by atoms with Gasteiger partial charge in [-0.05, 0) is 23.9 Å². The molecule has 5 heterocycles. The third-order valence-corrected chi connectivity index (χ3v) is 10.2. The molecule has 0 spiro atoms. The number of aromatic amines is 1. The van der Waals surface area contributed by atoms with E-state index >= 15 is 8.78 Å². The van der Waals surface area contributed by atoms with E-state index in [-0.39, 0.29) is 37.6 Å². The zero-order chi connectivity index (χ0) is 36.3. The highest BCUT2D eigenvalue weighted by Crippen LogP contribution is 2.54. The molecule has 0 radical (unpaired) electrons. The van der Waals surface area contributed by atoms with Crippen LogP contribution in [0.3, 0.4) is 0 Å². The van der Waals surface area contributed by atoms with Gasteiger partial charge in [0, 0.05) is 17.8 Å². The highest BCUT2D eigenvalue weighted by atomic mass is 32.5. The molecule has 2 saturated heterocycles. The largest absolute Gasteiger partial charge is 0.394 e. The van der Waals surface area contributed by atoms with E-state index in [1.165, 1.54) is 10.9 Å². The summed E-state index contributed by atoms with van der Waals surface area (Å²) in [5, 5.41) is 23.4. The molecule has 0 bridgehead atoms. The number of alkyl halides is 2. The van der Waals surface area contributed by atoms with Gasteiger partial charge in [0.2, 0.25) is 6.54 Å². The summed E-state index contributed by atoms with van der Waals surface area (Å²) in [7, 11) is 0. The van der Waals surface area contributed by atoms with Crippen molar-refractivity contribution in [2.24, 2.45) is 0 Å². The molecule has 3 unspecified atom stereocenters. The van der Waals surface area contributed by atoms with Crippen LogP contribution in [0.25, 0.3) is 16.0 Å². The van der Waals surface area contributed by atoms with Crippen molar-refractivity contribution >= 4 is 41.4 Å². The number of anilines is 1. The molecule has 18 nitrogen and oxygen atoms in total. The van der Waals surface area contributed by atoms with Crippen molar-refractivity contribution in [1.29, 1.82) is 0 Å². The lowest BCUT2D eigenvalue weighted by molar-refractivity contribution is -0.0549. The third kappa shape index (κ3) is 8.00. The number of nitrogens with zero attached hydrogens (tertiary/aromatic N) is 6. The first-order valence-electron chi connectivity index (χ1n) is 15.2. The Bertz CT molecular complexity index is 2080. The van der Waals surface area contributed by atoms with Crippen molar-refractivity contribution in [2.75, 3.05) is 31.7 Å². The fourth-order valence-corrected chi connectivity index (χ4v) is 7.48. The number of imidazole rings is 1. The van der Waals surface area contributed by atoms with E-state index in [0.29, 0.717) is 5.56 Å². The maximum atomic E-state index is 15.8. The molecule has 6 rings (SSSR count). The van der Waals surface area contributed by atoms with Gasteiger partial charge in [0.05, 0.1) is 19.5 Å². The van der Waals surface area contributed by atoms with Crippen molar-refractivity contribution in [3.8, 4) is 0 Å². The molecule has 4 aromatic rings. The van der Waals surface area contributed by atoms with Crippen LogP contribution in [0.5, 0.6) is 0 Å². The van der Waals surface area contributed by atoms with Crippen LogP contribution in [-0.2, 0) is 34.9 Å². The summed E-state index contributed by atoms with van der Waals surface area (Å²) >= 11 is 5.49. The van der Waals surface area contributed by atoms with Crippen LogP contribution in [0.4, 0.5) is 14.6 Å². The second-order valence-corrected chi connectivity index (χ2v) is 14.1. The Morgan fingerprint density at radius 2 is 1.81 bits per heavy atom. The number of hydrogen-bond donors (Lipinski definition) is 4. The highest BCUT2D eigenvalue weighted by Gasteiger charge is 2.51. The van der Waals surface area contributed by atoms with Crippen LogP contribution in [0, 0.1) is 6.57 Å². The fraction of sp³-hybridized carbons (Fsp3) is 0.433. The summed E-state index contributed by atoms with van der Waals surface area (Å²) < 4.78 is 61.7. The summed E-state index contributed by atoms with van der Waals surface area (Å²) in [4.78, 5) is 54.1. The SMILES string of the molecule is C.[C-]#[N+]CCOP(=S)(OC[C@H]1O[C@@H](n2cnc3c(NC(=O)c4ccccc4)ncnc32)[C@@H](F)C1O)OC1[C@@H](CO)O[C@@H](n2ccc(=O)[nH]c2=O)[C@H]1F. The standard InChI is InChI=1S/C29H29F2N8O10PS.CH4/c1-32-8-10-45-50(51,49-23-16(11-40)47-28(20(23)31)38-9-7-18(41)36-29(38)44)46-12-17-22(42)19(30)27(48-17)39-14-35-21-24(33-13-34-25(21)39)37-26(43)15-5-3-2-4-6-15;/h2-7,9,13-14,16-17,19-20,22-23,27-28,40,42H,8,10-12H2,(H,36,41,44)(H,33,34,37,43);1H4/t16-,17-,19+,20+,22?,23?,27-,28-,50?;/m1./s1. The van der Waals surface area contributed by atoms with Crippen LogP contribution >= 0.6 is 6.72 Å². The van der Waals surface area contributed by atoms with Crippen LogP contribution in [0.15, 0.2) is 64.8 Å². The molecule has 9 atom stereocenters. The van der Waals surface area contributed by atoms with Crippen LogP contribution in [-0.4, -0.2) is 108 Å². The third-order valence-electron chi connectivity index (χ3n) is 7.87. The minimum atomic E-state index is -4.07. The number of hydrogen-bond acceptors (Lipinski definition) is 14. The normalized spacial score (nSPS) is 26.8. The number of carbonyl (C=O) groups is 1. The Labute approximate surface area is 298 Å². The maximum absolute atomic E-state index is 15.8. The van der Waals surface area contributed by atoms with Gasteiger partial charge in [-0.25, -0.2) is 35.1 Å². The number of halogens is 2. The molecular weight excluding hydrogens is 733 g/mol. The summed E-state index contributed by atoms with van der Waals surface area (Å²) in [6.07, 6.45) is -10.2. The molecule has 278 valence electrons. The van der Waals surface area contributed by atoms with Crippen molar-refractivity contribution < 1.29 is 46.8 Å². The lowest BCUT2D eigenvalue weighted by Gasteiger charge is -2.28. The van der Waals surface area contributed by atoms with Gasteiger partial charge >= 0.3 is 12.4 Å². The van der Waals surface area contributed by atoms with Gasteiger partial charge < -0.3 is 38.9 Å². The Balaban J connectivity index is 0.00000523. The zero-order valence-electron chi connectivity index (χ0n) is 26.1. The number of benzene rings is 1. The molecule has 52 heavy (non-hydrogen) atoms. The number of ether oxygens (including phenoxy) is 2. The number of H-pyrrole nitrogens is 1. The predicted octanol–water partition coefficient (Wildman–Crippen LogP) is 1.65. The molecule has 0 aliphatic carbocycles. The minimum Gasteiger partial charge on any atom is -0.394 e. The zero-order valence-corrected chi connectivity index (χ0v) is 27.8. The molecule has 4 N–H and O–H groups in total. The Hall–Kier alpha value is -4.36. The molecular formula is C30H33F2N8O10PS. The number of aromatic nitrogens is 6. The van der Waals surface area contributed by atoms with Gasteiger partial charge in [0.1, 0.15) is 37.4 Å². The molecule has 1 amide bonds. The van der Waals surface area contributed by atoms with Crippen LogP contribution < -0.4 is 16.6 Å². The predicted molar refractivity (Wildman–Crippen MR) is 181 cm³/mol. The summed E-state index contributed by atoms with van der Waals surface area (Å²) in [5.74, 6) is -0.420.